The average Bonchev–Trinajstić information content (AvgIpc) is 2.94. The summed E-state index contributed by atoms with van der Waals surface area (Å²) in [6.07, 6.45) is 1.86. The van der Waals surface area contributed by atoms with Crippen LogP contribution in [-0.2, 0) is 9.53 Å². The monoisotopic (exact) mass is 247 g/mol. The molecule has 1 fully saturated rings. The summed E-state index contributed by atoms with van der Waals surface area (Å²) in [5.74, 6) is 0.218. The first-order valence-electron chi connectivity index (χ1n) is 6.60. The molecular formula is C15H21NO2. The van der Waals surface area contributed by atoms with Gasteiger partial charge in [-0.15, -0.1) is 0 Å². The van der Waals surface area contributed by atoms with E-state index in [9.17, 15) is 4.79 Å². The summed E-state index contributed by atoms with van der Waals surface area (Å²) in [4.78, 5) is 14.3. The highest BCUT2D eigenvalue weighted by Crippen LogP contribution is 2.23. The Kier molecular flexibility index (Phi) is 4.37. The number of ether oxygens (including phenoxy) is 1. The Hall–Kier alpha value is -1.35. The van der Waals surface area contributed by atoms with Gasteiger partial charge >= 0.3 is 0 Å². The van der Waals surface area contributed by atoms with Crippen LogP contribution >= 0.6 is 0 Å². The summed E-state index contributed by atoms with van der Waals surface area (Å²) in [5.41, 5.74) is 1.15. The fourth-order valence-corrected chi connectivity index (χ4v) is 2.57. The predicted octanol–water partition coefficient (Wildman–Crippen LogP) is 2.43. The number of hydrogen-bond acceptors (Lipinski definition) is 2. The Labute approximate surface area is 109 Å². The first-order valence-corrected chi connectivity index (χ1v) is 6.60. The molecule has 0 aromatic heterocycles. The van der Waals surface area contributed by atoms with Gasteiger partial charge in [0, 0.05) is 26.1 Å². The Morgan fingerprint density at radius 3 is 2.39 bits per heavy atom. The molecule has 1 aromatic carbocycles. The summed E-state index contributed by atoms with van der Waals surface area (Å²) in [6.45, 7) is 3.80. The van der Waals surface area contributed by atoms with Crippen molar-refractivity contribution in [2.24, 2.45) is 0 Å². The van der Waals surface area contributed by atoms with Gasteiger partial charge in [0.25, 0.3) is 5.91 Å². The topological polar surface area (TPSA) is 29.5 Å². The van der Waals surface area contributed by atoms with E-state index in [0.717, 1.165) is 31.5 Å². The molecule has 2 unspecified atom stereocenters. The van der Waals surface area contributed by atoms with Crippen LogP contribution in [0.1, 0.15) is 31.2 Å². The lowest BCUT2D eigenvalue weighted by molar-refractivity contribution is -0.142. The van der Waals surface area contributed by atoms with Gasteiger partial charge in [0.05, 0.1) is 0 Å². The van der Waals surface area contributed by atoms with E-state index in [1.54, 1.807) is 7.11 Å². The van der Waals surface area contributed by atoms with Crippen molar-refractivity contribution in [2.75, 3.05) is 20.2 Å². The smallest absolute Gasteiger partial charge is 0.252 e. The third-order valence-corrected chi connectivity index (χ3v) is 3.69. The Morgan fingerprint density at radius 1 is 1.22 bits per heavy atom. The molecule has 0 N–H and O–H groups in total. The minimum atomic E-state index is -0.370. The SMILES string of the molecule is COC(C(=O)N1CCCC1)C(C)c1ccccc1. The van der Waals surface area contributed by atoms with E-state index >= 15 is 0 Å². The average molecular weight is 247 g/mol. The first kappa shape index (κ1) is 13.1. The number of nitrogens with zero attached hydrogens (tertiary/aromatic N) is 1. The molecule has 3 heteroatoms. The molecule has 18 heavy (non-hydrogen) atoms. The van der Waals surface area contributed by atoms with E-state index in [1.807, 2.05) is 35.2 Å². The molecule has 1 aromatic rings. The minimum absolute atomic E-state index is 0.0873. The molecule has 0 spiro atoms. The van der Waals surface area contributed by atoms with E-state index in [1.165, 1.54) is 0 Å². The molecule has 1 aliphatic rings. The van der Waals surface area contributed by atoms with Gasteiger partial charge in [0.2, 0.25) is 0 Å². The standard InChI is InChI=1S/C15H21NO2/c1-12(13-8-4-3-5-9-13)14(18-2)15(17)16-10-6-7-11-16/h3-5,8-9,12,14H,6-7,10-11H2,1-2H3. The lowest BCUT2D eigenvalue weighted by atomic mass is 9.94. The zero-order chi connectivity index (χ0) is 13.0. The molecule has 1 aliphatic heterocycles. The number of likely N-dealkylation sites (tertiary alicyclic amines) is 1. The second-order valence-electron chi connectivity index (χ2n) is 4.89. The van der Waals surface area contributed by atoms with Gasteiger partial charge in [-0.2, -0.15) is 0 Å². The molecule has 0 radical (unpaired) electrons. The van der Waals surface area contributed by atoms with E-state index in [-0.39, 0.29) is 17.9 Å². The first-order chi connectivity index (χ1) is 8.74. The summed E-state index contributed by atoms with van der Waals surface area (Å²) < 4.78 is 5.45. The number of methoxy groups -OCH3 is 1. The number of carbonyl (C=O) groups is 1. The van der Waals surface area contributed by atoms with Crippen LogP contribution in [0.2, 0.25) is 0 Å². The van der Waals surface area contributed by atoms with Crippen molar-refractivity contribution >= 4 is 5.91 Å². The van der Waals surface area contributed by atoms with E-state index in [0.29, 0.717) is 0 Å². The lowest BCUT2D eigenvalue weighted by Crippen LogP contribution is -2.40. The highest BCUT2D eigenvalue weighted by atomic mass is 16.5. The second-order valence-corrected chi connectivity index (χ2v) is 4.89. The van der Waals surface area contributed by atoms with Crippen molar-refractivity contribution in [2.45, 2.75) is 31.8 Å². The van der Waals surface area contributed by atoms with Crippen molar-refractivity contribution in [3.63, 3.8) is 0 Å². The molecule has 1 saturated heterocycles. The van der Waals surface area contributed by atoms with Gasteiger partial charge < -0.3 is 9.64 Å². The molecule has 1 heterocycles. The summed E-state index contributed by atoms with van der Waals surface area (Å²) in [6, 6.07) is 10.1. The fourth-order valence-electron chi connectivity index (χ4n) is 2.57. The third kappa shape index (κ3) is 2.72. The van der Waals surface area contributed by atoms with Gasteiger partial charge in [-0.1, -0.05) is 37.3 Å². The van der Waals surface area contributed by atoms with E-state index in [2.05, 4.69) is 6.92 Å². The number of rotatable bonds is 4. The summed E-state index contributed by atoms with van der Waals surface area (Å²) in [5, 5.41) is 0. The van der Waals surface area contributed by atoms with Gasteiger partial charge in [-0.3, -0.25) is 4.79 Å². The highest BCUT2D eigenvalue weighted by molar-refractivity contribution is 5.82. The Bertz CT molecular complexity index is 385. The largest absolute Gasteiger partial charge is 0.371 e. The molecule has 3 nitrogen and oxygen atoms in total. The van der Waals surface area contributed by atoms with Crippen molar-refractivity contribution in [1.82, 2.24) is 4.90 Å². The minimum Gasteiger partial charge on any atom is -0.371 e. The zero-order valence-corrected chi connectivity index (χ0v) is 11.1. The second kappa shape index (κ2) is 6.01. The van der Waals surface area contributed by atoms with Crippen molar-refractivity contribution in [1.29, 1.82) is 0 Å². The maximum atomic E-state index is 12.4. The number of carbonyl (C=O) groups excluding carboxylic acids is 1. The lowest BCUT2D eigenvalue weighted by Gasteiger charge is -2.26. The van der Waals surface area contributed by atoms with Crippen LogP contribution in [0.25, 0.3) is 0 Å². The van der Waals surface area contributed by atoms with Crippen LogP contribution in [0.3, 0.4) is 0 Å². The third-order valence-electron chi connectivity index (χ3n) is 3.69. The normalized spacial score (nSPS) is 18.7. The summed E-state index contributed by atoms with van der Waals surface area (Å²) in [7, 11) is 1.62. The molecule has 1 amide bonds. The van der Waals surface area contributed by atoms with Gasteiger partial charge in [-0.25, -0.2) is 0 Å². The number of benzene rings is 1. The maximum Gasteiger partial charge on any atom is 0.252 e. The Balaban J connectivity index is 2.10. The quantitative estimate of drug-likeness (QED) is 0.818. The summed E-state index contributed by atoms with van der Waals surface area (Å²) >= 11 is 0. The molecular weight excluding hydrogens is 226 g/mol. The Morgan fingerprint density at radius 2 is 1.83 bits per heavy atom. The molecule has 2 atom stereocenters. The van der Waals surface area contributed by atoms with Gasteiger partial charge in [0.15, 0.2) is 0 Å². The van der Waals surface area contributed by atoms with E-state index in [4.69, 9.17) is 4.74 Å². The highest BCUT2D eigenvalue weighted by Gasteiger charge is 2.31. The van der Waals surface area contributed by atoms with Crippen molar-refractivity contribution in [3.8, 4) is 0 Å². The van der Waals surface area contributed by atoms with Crippen molar-refractivity contribution in [3.05, 3.63) is 35.9 Å². The predicted molar refractivity (Wildman–Crippen MR) is 71.5 cm³/mol. The van der Waals surface area contributed by atoms with Crippen LogP contribution in [0.4, 0.5) is 0 Å². The maximum absolute atomic E-state index is 12.4. The van der Waals surface area contributed by atoms with Crippen LogP contribution in [0, 0.1) is 0 Å². The molecule has 0 bridgehead atoms. The number of amides is 1. The van der Waals surface area contributed by atoms with Crippen LogP contribution in [0.15, 0.2) is 30.3 Å². The van der Waals surface area contributed by atoms with Crippen LogP contribution in [-0.4, -0.2) is 37.1 Å². The number of hydrogen-bond donors (Lipinski definition) is 0. The molecule has 0 saturated carbocycles. The van der Waals surface area contributed by atoms with Crippen LogP contribution in [0.5, 0.6) is 0 Å². The van der Waals surface area contributed by atoms with Gasteiger partial charge in [-0.05, 0) is 18.4 Å². The fraction of sp³-hybridized carbons (Fsp3) is 0.533. The van der Waals surface area contributed by atoms with Crippen molar-refractivity contribution < 1.29 is 9.53 Å². The van der Waals surface area contributed by atoms with E-state index < -0.39 is 0 Å². The molecule has 98 valence electrons. The molecule has 0 aliphatic carbocycles. The zero-order valence-electron chi connectivity index (χ0n) is 11.1. The van der Waals surface area contributed by atoms with Crippen LogP contribution < -0.4 is 0 Å². The van der Waals surface area contributed by atoms with Gasteiger partial charge in [0.1, 0.15) is 6.10 Å². The molecule has 2 rings (SSSR count).